The number of hydrogen-bond acceptors (Lipinski definition) is 3. The molecule has 27 heavy (non-hydrogen) atoms. The van der Waals surface area contributed by atoms with Gasteiger partial charge in [-0.1, -0.05) is 42.5 Å². The molecular weight excluding hydrogens is 360 g/mol. The van der Waals surface area contributed by atoms with E-state index < -0.39 is 11.6 Å². The number of benzene rings is 2. The smallest absolute Gasteiger partial charge is 0.331 e. The molecule has 7 heteroatoms. The minimum Gasteiger partial charge on any atom is -0.331 e. The van der Waals surface area contributed by atoms with Crippen LogP contribution in [0, 0.1) is 6.92 Å². The molecule has 1 fully saturated rings. The number of urea groups is 1. The van der Waals surface area contributed by atoms with Crippen LogP contribution >= 0.6 is 12.2 Å². The number of carbonyl (C=O) groups is 2. The van der Waals surface area contributed by atoms with Crippen LogP contribution in [0.1, 0.15) is 24.5 Å². The van der Waals surface area contributed by atoms with Gasteiger partial charge in [-0.05, 0) is 62.2 Å². The van der Waals surface area contributed by atoms with Crippen LogP contribution in [0.5, 0.6) is 0 Å². The summed E-state index contributed by atoms with van der Waals surface area (Å²) in [5.41, 5.74) is 4.69. The molecule has 0 saturated carbocycles. The minimum atomic E-state index is -0.973. The number of aryl methyl sites for hydroxylation is 2. The summed E-state index contributed by atoms with van der Waals surface area (Å²) >= 11 is 5.24. The van der Waals surface area contributed by atoms with Crippen LogP contribution in [-0.4, -0.2) is 27.6 Å². The second-order valence-corrected chi connectivity index (χ2v) is 7.23. The molecule has 3 rings (SSSR count). The lowest BCUT2D eigenvalue weighted by Gasteiger charge is -2.22. The van der Waals surface area contributed by atoms with Gasteiger partial charge < -0.3 is 10.6 Å². The number of amides is 3. The van der Waals surface area contributed by atoms with E-state index in [0.29, 0.717) is 12.8 Å². The van der Waals surface area contributed by atoms with E-state index in [9.17, 15) is 9.59 Å². The molecule has 2 aromatic carbocycles. The number of hydrogen-bond donors (Lipinski definition) is 3. The monoisotopic (exact) mass is 382 g/mol. The zero-order valence-corrected chi connectivity index (χ0v) is 16.1. The van der Waals surface area contributed by atoms with E-state index in [1.54, 1.807) is 6.92 Å². The molecule has 1 aliphatic rings. The van der Waals surface area contributed by atoms with E-state index in [1.807, 2.05) is 61.5 Å². The topological polar surface area (TPSA) is 73.5 Å². The summed E-state index contributed by atoms with van der Waals surface area (Å²) in [6.45, 7) is 3.70. The normalized spacial score (nSPS) is 19.0. The molecule has 0 radical (unpaired) electrons. The fourth-order valence-corrected chi connectivity index (χ4v) is 3.19. The standard InChI is InChI=1S/C20H22N4O2S/c1-14-7-6-10-16(13-14)21-18(27)23-24-17(25)20(2,22-19(24)26)12-11-15-8-4-3-5-9-15/h3-10,13H,11-12H2,1-2H3,(H,22,26)(H2,21,23,27)/t20-/m0/s1. The van der Waals surface area contributed by atoms with Crippen LogP contribution < -0.4 is 16.1 Å². The average molecular weight is 382 g/mol. The van der Waals surface area contributed by atoms with Gasteiger partial charge in [-0.3, -0.25) is 10.2 Å². The van der Waals surface area contributed by atoms with Gasteiger partial charge in [0.15, 0.2) is 5.11 Å². The first-order valence-corrected chi connectivity index (χ1v) is 9.13. The number of thiocarbonyl (C=S) groups is 1. The van der Waals surface area contributed by atoms with Crippen molar-refractivity contribution >= 4 is 35.0 Å². The summed E-state index contributed by atoms with van der Waals surface area (Å²) in [6.07, 6.45) is 1.18. The van der Waals surface area contributed by atoms with Crippen LogP contribution in [-0.2, 0) is 11.2 Å². The highest BCUT2D eigenvalue weighted by atomic mass is 32.1. The lowest BCUT2D eigenvalue weighted by molar-refractivity contribution is -0.132. The van der Waals surface area contributed by atoms with Crippen LogP contribution in [0.3, 0.4) is 0 Å². The zero-order chi connectivity index (χ0) is 19.4. The van der Waals surface area contributed by atoms with Gasteiger partial charge in [0.25, 0.3) is 5.91 Å². The first-order chi connectivity index (χ1) is 12.9. The number of anilines is 1. The number of nitrogens with one attached hydrogen (secondary N) is 3. The highest BCUT2D eigenvalue weighted by Crippen LogP contribution is 2.22. The lowest BCUT2D eigenvalue weighted by atomic mass is 9.93. The molecule has 1 atom stereocenters. The van der Waals surface area contributed by atoms with Gasteiger partial charge in [0, 0.05) is 5.69 Å². The summed E-state index contributed by atoms with van der Waals surface area (Å²) in [6, 6.07) is 17.0. The summed E-state index contributed by atoms with van der Waals surface area (Å²) in [5.74, 6) is -0.350. The summed E-state index contributed by atoms with van der Waals surface area (Å²) in [5, 5.41) is 6.87. The van der Waals surface area contributed by atoms with Crippen molar-refractivity contribution in [2.24, 2.45) is 0 Å². The minimum absolute atomic E-state index is 0.177. The maximum Gasteiger partial charge on any atom is 0.344 e. The van der Waals surface area contributed by atoms with Gasteiger partial charge in [-0.25, -0.2) is 4.79 Å². The van der Waals surface area contributed by atoms with Gasteiger partial charge in [0.1, 0.15) is 5.54 Å². The molecule has 140 valence electrons. The molecule has 1 saturated heterocycles. The summed E-state index contributed by atoms with van der Waals surface area (Å²) in [7, 11) is 0. The second kappa shape index (κ2) is 7.75. The Hall–Kier alpha value is -2.93. The SMILES string of the molecule is Cc1cccc(NC(=S)NN2C(=O)N[C@@](C)(CCc3ccccc3)C2=O)c1. The Kier molecular flexibility index (Phi) is 5.41. The third-order valence-electron chi connectivity index (χ3n) is 4.51. The van der Waals surface area contributed by atoms with Crippen molar-refractivity contribution in [3.05, 3.63) is 65.7 Å². The van der Waals surface area contributed by atoms with Crippen molar-refractivity contribution in [2.75, 3.05) is 5.32 Å². The van der Waals surface area contributed by atoms with Gasteiger partial charge in [-0.15, -0.1) is 0 Å². The van der Waals surface area contributed by atoms with Crippen molar-refractivity contribution < 1.29 is 9.59 Å². The Morgan fingerprint density at radius 3 is 2.59 bits per heavy atom. The third kappa shape index (κ3) is 4.43. The molecule has 3 amide bonds. The molecule has 6 nitrogen and oxygen atoms in total. The van der Waals surface area contributed by atoms with E-state index in [1.165, 1.54) is 0 Å². The molecule has 3 N–H and O–H groups in total. The Morgan fingerprint density at radius 2 is 1.89 bits per heavy atom. The van der Waals surface area contributed by atoms with Crippen molar-refractivity contribution in [1.29, 1.82) is 0 Å². The maximum atomic E-state index is 12.8. The molecule has 1 aliphatic heterocycles. The predicted molar refractivity (Wildman–Crippen MR) is 109 cm³/mol. The second-order valence-electron chi connectivity index (χ2n) is 6.82. The van der Waals surface area contributed by atoms with Crippen molar-refractivity contribution in [1.82, 2.24) is 15.8 Å². The number of carbonyl (C=O) groups excluding carboxylic acids is 2. The lowest BCUT2D eigenvalue weighted by Crippen LogP contribution is -2.50. The molecule has 0 aliphatic carbocycles. The maximum absolute atomic E-state index is 12.8. The van der Waals surface area contributed by atoms with Crippen LogP contribution in [0.25, 0.3) is 0 Å². The van der Waals surface area contributed by atoms with Crippen molar-refractivity contribution in [2.45, 2.75) is 32.2 Å². The number of nitrogens with zero attached hydrogens (tertiary/aromatic N) is 1. The Morgan fingerprint density at radius 1 is 1.15 bits per heavy atom. The van der Waals surface area contributed by atoms with Gasteiger partial charge >= 0.3 is 6.03 Å². The number of rotatable bonds is 5. The van der Waals surface area contributed by atoms with Crippen LogP contribution in [0.2, 0.25) is 0 Å². The Labute approximate surface area is 163 Å². The first kappa shape index (κ1) is 18.8. The quantitative estimate of drug-likeness (QED) is 0.547. The van der Waals surface area contributed by atoms with E-state index >= 15 is 0 Å². The summed E-state index contributed by atoms with van der Waals surface area (Å²) < 4.78 is 0. The van der Waals surface area contributed by atoms with Gasteiger partial charge in [0.05, 0.1) is 0 Å². The van der Waals surface area contributed by atoms with E-state index in [4.69, 9.17) is 12.2 Å². The Balaban J connectivity index is 1.62. The zero-order valence-electron chi connectivity index (χ0n) is 15.3. The third-order valence-corrected chi connectivity index (χ3v) is 4.70. The fraction of sp³-hybridized carbons (Fsp3) is 0.250. The van der Waals surface area contributed by atoms with E-state index in [0.717, 1.165) is 21.8 Å². The fourth-order valence-electron chi connectivity index (χ4n) is 2.98. The largest absolute Gasteiger partial charge is 0.344 e. The number of imide groups is 1. The molecule has 0 unspecified atom stereocenters. The van der Waals surface area contributed by atoms with E-state index in [-0.39, 0.29) is 11.0 Å². The number of hydrazine groups is 1. The average Bonchev–Trinajstić information content (AvgIpc) is 2.84. The highest BCUT2D eigenvalue weighted by Gasteiger charge is 2.48. The van der Waals surface area contributed by atoms with Crippen LogP contribution in [0.15, 0.2) is 54.6 Å². The van der Waals surface area contributed by atoms with Crippen molar-refractivity contribution in [3.63, 3.8) is 0 Å². The molecule has 0 spiro atoms. The van der Waals surface area contributed by atoms with Gasteiger partial charge in [0.2, 0.25) is 0 Å². The first-order valence-electron chi connectivity index (χ1n) is 8.72. The molecule has 0 bridgehead atoms. The molecule has 2 aromatic rings. The van der Waals surface area contributed by atoms with Crippen molar-refractivity contribution in [3.8, 4) is 0 Å². The Bertz CT molecular complexity index is 871. The molecular formula is C20H22N4O2S. The van der Waals surface area contributed by atoms with Crippen LogP contribution in [0.4, 0.5) is 10.5 Å². The summed E-state index contributed by atoms with van der Waals surface area (Å²) in [4.78, 5) is 25.1. The molecule has 1 heterocycles. The molecule has 0 aromatic heterocycles. The predicted octanol–water partition coefficient (Wildman–Crippen LogP) is 3.14. The van der Waals surface area contributed by atoms with E-state index in [2.05, 4.69) is 16.1 Å². The van der Waals surface area contributed by atoms with Gasteiger partial charge in [-0.2, -0.15) is 5.01 Å². The highest BCUT2D eigenvalue weighted by molar-refractivity contribution is 7.80.